The van der Waals surface area contributed by atoms with Gasteiger partial charge in [0.2, 0.25) is 5.90 Å². The van der Waals surface area contributed by atoms with Gasteiger partial charge >= 0.3 is 0 Å². The van der Waals surface area contributed by atoms with Crippen molar-refractivity contribution in [2.24, 2.45) is 4.99 Å². The van der Waals surface area contributed by atoms with Crippen LogP contribution >= 0.6 is 0 Å². The van der Waals surface area contributed by atoms with E-state index in [9.17, 15) is 4.39 Å². The lowest BCUT2D eigenvalue weighted by atomic mass is 10.0. The average molecular weight is 351 g/mol. The molecule has 1 heterocycles. The summed E-state index contributed by atoms with van der Waals surface area (Å²) in [6, 6.07) is 16.2. The van der Waals surface area contributed by atoms with E-state index in [1.165, 1.54) is 6.07 Å². The van der Waals surface area contributed by atoms with Crippen molar-refractivity contribution in [2.75, 3.05) is 13.2 Å². The Bertz CT molecular complexity index is 782. The Hall–Kier alpha value is -2.64. The maximum atomic E-state index is 14.1. The largest absolute Gasteiger partial charge is 0.469 e. The molecule has 0 aromatic heterocycles. The molecule has 2 aromatic carbocycles. The average Bonchev–Trinajstić information content (AvgIpc) is 3.09. The van der Waals surface area contributed by atoms with E-state index in [0.717, 1.165) is 24.8 Å². The molecular formula is C22H22FNO2. The first-order valence-corrected chi connectivity index (χ1v) is 8.85. The topological polar surface area (TPSA) is 30.8 Å². The van der Waals surface area contributed by atoms with Crippen LogP contribution in [0, 0.1) is 18.2 Å². The predicted octanol–water partition coefficient (Wildman–Crippen LogP) is 4.53. The second-order valence-corrected chi connectivity index (χ2v) is 6.16. The van der Waals surface area contributed by atoms with Gasteiger partial charge in [-0.25, -0.2) is 9.38 Å². The van der Waals surface area contributed by atoms with Crippen LogP contribution in [0.25, 0.3) is 0 Å². The molecule has 0 saturated heterocycles. The van der Waals surface area contributed by atoms with Crippen molar-refractivity contribution in [3.8, 4) is 12.3 Å². The minimum atomic E-state index is -0.339. The molecule has 0 N–H and O–H groups in total. The van der Waals surface area contributed by atoms with E-state index in [2.05, 4.69) is 10.9 Å². The van der Waals surface area contributed by atoms with Crippen LogP contribution in [0.3, 0.4) is 0 Å². The van der Waals surface area contributed by atoms with Gasteiger partial charge in [0.25, 0.3) is 0 Å². The highest BCUT2D eigenvalue weighted by Crippen LogP contribution is 2.31. The van der Waals surface area contributed by atoms with E-state index in [1.807, 2.05) is 30.3 Å². The zero-order chi connectivity index (χ0) is 18.2. The molecule has 0 unspecified atom stereocenters. The van der Waals surface area contributed by atoms with E-state index in [-0.39, 0.29) is 18.0 Å². The summed E-state index contributed by atoms with van der Waals surface area (Å²) in [7, 11) is 0. The molecule has 0 bridgehead atoms. The molecule has 1 aliphatic rings. The highest BCUT2D eigenvalue weighted by Gasteiger charge is 2.33. The molecule has 26 heavy (non-hydrogen) atoms. The molecular weight excluding hydrogens is 329 g/mol. The van der Waals surface area contributed by atoms with Crippen molar-refractivity contribution < 1.29 is 13.9 Å². The number of benzene rings is 2. The fraction of sp³-hybridized carbons (Fsp3) is 0.318. The van der Waals surface area contributed by atoms with Crippen LogP contribution in [-0.4, -0.2) is 25.2 Å². The molecule has 4 heteroatoms. The molecule has 3 rings (SSSR count). The zero-order valence-corrected chi connectivity index (χ0v) is 14.6. The summed E-state index contributed by atoms with van der Waals surface area (Å²) in [5.74, 6) is 2.62. The van der Waals surface area contributed by atoms with E-state index >= 15 is 0 Å². The first-order valence-electron chi connectivity index (χ1n) is 8.85. The summed E-state index contributed by atoms with van der Waals surface area (Å²) in [5, 5.41) is 0. The lowest BCUT2D eigenvalue weighted by molar-refractivity contribution is 0.0427. The van der Waals surface area contributed by atoms with Crippen LogP contribution in [0.2, 0.25) is 0 Å². The Kier molecular flexibility index (Phi) is 6.40. The van der Waals surface area contributed by atoms with E-state index < -0.39 is 0 Å². The van der Waals surface area contributed by atoms with E-state index in [4.69, 9.17) is 15.9 Å². The summed E-state index contributed by atoms with van der Waals surface area (Å²) >= 11 is 0. The highest BCUT2D eigenvalue weighted by atomic mass is 19.1. The first-order chi connectivity index (χ1) is 12.8. The second kappa shape index (κ2) is 9.17. The molecule has 2 atom stereocenters. The van der Waals surface area contributed by atoms with Crippen LogP contribution in [0.5, 0.6) is 0 Å². The molecule has 0 aliphatic carbocycles. The number of ether oxygens (including phenoxy) is 2. The van der Waals surface area contributed by atoms with Gasteiger partial charge < -0.3 is 9.47 Å². The van der Waals surface area contributed by atoms with E-state index in [0.29, 0.717) is 24.7 Å². The first kappa shape index (κ1) is 18.2. The number of nitrogens with zero attached hydrogens (tertiary/aromatic N) is 1. The van der Waals surface area contributed by atoms with Crippen LogP contribution in [-0.2, 0) is 9.47 Å². The second-order valence-electron chi connectivity index (χ2n) is 6.16. The summed E-state index contributed by atoms with van der Waals surface area (Å²) in [6.45, 7) is 1.02. The lowest BCUT2D eigenvalue weighted by Crippen LogP contribution is -2.23. The Morgan fingerprint density at radius 1 is 1.08 bits per heavy atom. The Labute approximate surface area is 153 Å². The lowest BCUT2D eigenvalue weighted by Gasteiger charge is -2.18. The normalized spacial score (nSPS) is 18.8. The van der Waals surface area contributed by atoms with Crippen LogP contribution < -0.4 is 0 Å². The van der Waals surface area contributed by atoms with Crippen LogP contribution in [0.15, 0.2) is 59.6 Å². The molecule has 0 fully saturated rings. The number of halogens is 1. The van der Waals surface area contributed by atoms with Gasteiger partial charge in [-0.3, -0.25) is 0 Å². The third kappa shape index (κ3) is 4.50. The fourth-order valence-electron chi connectivity index (χ4n) is 2.91. The molecule has 0 amide bonds. The highest BCUT2D eigenvalue weighted by molar-refractivity contribution is 5.95. The maximum Gasteiger partial charge on any atom is 0.220 e. The van der Waals surface area contributed by atoms with Gasteiger partial charge in [-0.1, -0.05) is 42.5 Å². The quantitative estimate of drug-likeness (QED) is 0.517. The fourth-order valence-corrected chi connectivity index (χ4v) is 2.91. The van der Waals surface area contributed by atoms with Crippen molar-refractivity contribution in [1.82, 2.24) is 0 Å². The monoisotopic (exact) mass is 351 g/mol. The number of unbranched alkanes of at least 4 members (excludes halogenated alkanes) is 2. The zero-order valence-electron chi connectivity index (χ0n) is 14.6. The van der Waals surface area contributed by atoms with Gasteiger partial charge in [0.15, 0.2) is 6.10 Å². The van der Waals surface area contributed by atoms with Gasteiger partial charge in [-0.2, -0.15) is 0 Å². The van der Waals surface area contributed by atoms with Gasteiger partial charge in [0.1, 0.15) is 11.9 Å². The minimum absolute atomic E-state index is 0.212. The number of aliphatic imine (C=N–C) groups is 1. The number of hydrogen-bond donors (Lipinski definition) is 0. The molecule has 1 aliphatic heterocycles. The predicted molar refractivity (Wildman–Crippen MR) is 100 cm³/mol. The van der Waals surface area contributed by atoms with Gasteiger partial charge in [0.05, 0.1) is 12.2 Å². The Morgan fingerprint density at radius 3 is 2.62 bits per heavy atom. The van der Waals surface area contributed by atoms with Crippen molar-refractivity contribution >= 4 is 5.90 Å². The summed E-state index contributed by atoms with van der Waals surface area (Å²) in [6.07, 6.45) is 7.59. The van der Waals surface area contributed by atoms with E-state index in [1.54, 1.807) is 18.2 Å². The molecule has 134 valence electrons. The van der Waals surface area contributed by atoms with Crippen molar-refractivity contribution in [3.05, 3.63) is 71.5 Å². The SMILES string of the molecule is C#CCCCCOC[C@H]1OC(c2ccccc2F)=N[C@@H]1c1ccccc1. The van der Waals surface area contributed by atoms with Gasteiger partial charge in [-0.15, -0.1) is 12.3 Å². The molecule has 0 saturated carbocycles. The summed E-state index contributed by atoms with van der Waals surface area (Å²) < 4.78 is 25.9. The van der Waals surface area contributed by atoms with Crippen molar-refractivity contribution in [2.45, 2.75) is 31.4 Å². The maximum absolute atomic E-state index is 14.1. The molecule has 0 spiro atoms. The third-order valence-electron chi connectivity index (χ3n) is 4.26. The number of rotatable bonds is 8. The Balaban J connectivity index is 1.70. The summed E-state index contributed by atoms with van der Waals surface area (Å²) in [4.78, 5) is 4.65. The third-order valence-corrected chi connectivity index (χ3v) is 4.26. The van der Waals surface area contributed by atoms with Crippen LogP contribution in [0.4, 0.5) is 4.39 Å². The van der Waals surface area contributed by atoms with Crippen molar-refractivity contribution in [3.63, 3.8) is 0 Å². The van der Waals surface area contributed by atoms with Crippen molar-refractivity contribution in [1.29, 1.82) is 0 Å². The number of terminal acetylenes is 1. The Morgan fingerprint density at radius 2 is 1.85 bits per heavy atom. The van der Waals surface area contributed by atoms with Crippen LogP contribution in [0.1, 0.15) is 36.4 Å². The van der Waals surface area contributed by atoms with Gasteiger partial charge in [0, 0.05) is 13.0 Å². The molecule has 0 radical (unpaired) electrons. The summed E-state index contributed by atoms with van der Waals surface area (Å²) in [5.41, 5.74) is 1.41. The standard InChI is InChI=1S/C22H22FNO2/c1-2-3-4-10-15-25-16-20-21(17-11-6-5-7-12-17)24-22(26-20)18-13-8-9-14-19(18)23/h1,5-9,11-14,20-21H,3-4,10,15-16H2/t20-,21-/m1/s1. The number of hydrogen-bond acceptors (Lipinski definition) is 3. The molecule has 2 aromatic rings. The smallest absolute Gasteiger partial charge is 0.220 e. The minimum Gasteiger partial charge on any atom is -0.469 e. The molecule has 3 nitrogen and oxygen atoms in total. The van der Waals surface area contributed by atoms with Gasteiger partial charge in [-0.05, 0) is 30.5 Å².